The molecule has 0 aliphatic carbocycles. The van der Waals surface area contributed by atoms with Gasteiger partial charge in [-0.15, -0.1) is 11.3 Å². The number of para-hydroxylation sites is 1. The molecule has 0 saturated carbocycles. The van der Waals surface area contributed by atoms with E-state index < -0.39 is 35.5 Å². The van der Waals surface area contributed by atoms with Crippen molar-refractivity contribution >= 4 is 33.3 Å². The number of halogens is 2. The second-order valence-electron chi connectivity index (χ2n) is 11.8. The molecule has 14 heteroatoms. The fourth-order valence-corrected chi connectivity index (χ4v) is 7.15. The molecular formula is C38H35F2N5O6S. The number of nitrogens with zero attached hydrogens (tertiary/aromatic N) is 4. The lowest BCUT2D eigenvalue weighted by atomic mass is 10.1. The van der Waals surface area contributed by atoms with Gasteiger partial charge in [0, 0.05) is 29.2 Å². The van der Waals surface area contributed by atoms with Gasteiger partial charge in [-0.1, -0.05) is 66.7 Å². The predicted octanol–water partition coefficient (Wildman–Crippen LogP) is 6.77. The van der Waals surface area contributed by atoms with Crippen LogP contribution in [0.1, 0.15) is 16.7 Å². The van der Waals surface area contributed by atoms with Crippen LogP contribution in [-0.4, -0.2) is 53.1 Å². The van der Waals surface area contributed by atoms with Gasteiger partial charge < -0.3 is 5.32 Å². The summed E-state index contributed by atoms with van der Waals surface area (Å²) in [4.78, 5) is 58.9. The van der Waals surface area contributed by atoms with Crippen molar-refractivity contribution in [3.63, 3.8) is 0 Å². The number of aromatic nitrogens is 2. The largest absolute Gasteiger partial charge is 0.348 e. The van der Waals surface area contributed by atoms with Gasteiger partial charge in [0.1, 0.15) is 16.5 Å². The van der Waals surface area contributed by atoms with E-state index in [4.69, 9.17) is 9.73 Å². The van der Waals surface area contributed by atoms with Crippen LogP contribution in [-0.2, 0) is 34.2 Å². The molecule has 6 aromatic rings. The van der Waals surface area contributed by atoms with Crippen LogP contribution in [0.15, 0.2) is 113 Å². The van der Waals surface area contributed by atoms with E-state index in [2.05, 4.69) is 15.1 Å². The van der Waals surface area contributed by atoms with Crippen molar-refractivity contribution in [2.45, 2.75) is 19.6 Å². The first-order valence-corrected chi connectivity index (χ1v) is 16.9. The number of urea groups is 1. The molecule has 1 N–H and O–H groups in total. The normalized spacial score (nSPS) is 11.3. The van der Waals surface area contributed by atoms with Crippen molar-refractivity contribution in [1.29, 1.82) is 0 Å². The number of amides is 2. The number of benzene rings is 4. The van der Waals surface area contributed by atoms with Crippen LogP contribution < -0.4 is 16.6 Å². The zero-order chi connectivity index (χ0) is 36.8. The number of thiophene rings is 1. The zero-order valence-electron chi connectivity index (χ0n) is 28.5. The third kappa shape index (κ3) is 7.71. The Bertz CT molecular complexity index is 2280. The average Bonchev–Trinajstić information content (AvgIpc) is 3.51. The van der Waals surface area contributed by atoms with E-state index in [1.54, 1.807) is 54.6 Å². The molecule has 0 unspecified atom stereocenters. The van der Waals surface area contributed by atoms with E-state index in [0.717, 1.165) is 27.3 Å². The Labute approximate surface area is 301 Å². The summed E-state index contributed by atoms with van der Waals surface area (Å²) in [5.41, 5.74) is 1.55. The lowest BCUT2D eigenvalue weighted by Gasteiger charge is -2.19. The molecule has 11 nitrogen and oxygen atoms in total. The summed E-state index contributed by atoms with van der Waals surface area (Å²) in [5, 5.41) is 3.89. The van der Waals surface area contributed by atoms with Gasteiger partial charge in [-0.05, 0) is 60.1 Å². The highest BCUT2D eigenvalue weighted by Gasteiger charge is 2.26. The van der Waals surface area contributed by atoms with Gasteiger partial charge in [0.2, 0.25) is 0 Å². The van der Waals surface area contributed by atoms with E-state index in [1.165, 1.54) is 36.2 Å². The third-order valence-electron chi connectivity index (χ3n) is 8.32. The van der Waals surface area contributed by atoms with Crippen molar-refractivity contribution < 1.29 is 28.2 Å². The Hall–Kier alpha value is -5.51. The van der Waals surface area contributed by atoms with Crippen molar-refractivity contribution in [3.05, 3.63) is 152 Å². The molecule has 0 spiro atoms. The maximum atomic E-state index is 15.1. The second-order valence-corrected chi connectivity index (χ2v) is 12.8. The van der Waals surface area contributed by atoms with Gasteiger partial charge in [0.05, 0.1) is 31.8 Å². The maximum absolute atomic E-state index is 15.1. The van der Waals surface area contributed by atoms with Crippen LogP contribution in [0.25, 0.3) is 26.3 Å². The number of rotatable bonds is 13. The minimum absolute atomic E-state index is 0.256. The molecular weight excluding hydrogens is 693 g/mol. The number of nitrogens with one attached hydrogen (secondary N) is 1. The Balaban J connectivity index is 1.53. The van der Waals surface area contributed by atoms with Gasteiger partial charge in [-0.3, -0.25) is 19.1 Å². The molecule has 0 aliphatic rings. The first kappa shape index (κ1) is 36.3. The SMILES string of the molecule is COOCN(OC)C(=O)Nc1ccc(-c2sc3c(c2CN(C)Cc2ccccc2)c(=O)n(-c2ccccc2)c(=O)n3Cc2c(F)cccc2F)cc1. The van der Waals surface area contributed by atoms with Crippen molar-refractivity contribution in [3.8, 4) is 16.1 Å². The summed E-state index contributed by atoms with van der Waals surface area (Å²) in [7, 11) is 4.54. The van der Waals surface area contributed by atoms with Crippen molar-refractivity contribution in [1.82, 2.24) is 19.1 Å². The van der Waals surface area contributed by atoms with E-state index in [1.807, 2.05) is 37.4 Å². The lowest BCUT2D eigenvalue weighted by Crippen LogP contribution is -2.39. The number of carbonyl (C=O) groups is 1. The van der Waals surface area contributed by atoms with E-state index in [9.17, 15) is 14.4 Å². The molecule has 0 radical (unpaired) electrons. The minimum Gasteiger partial charge on any atom is -0.306 e. The Morgan fingerprint density at radius 1 is 0.827 bits per heavy atom. The van der Waals surface area contributed by atoms with E-state index >= 15 is 8.78 Å². The molecule has 52 heavy (non-hydrogen) atoms. The smallest absolute Gasteiger partial charge is 0.306 e. The molecule has 268 valence electrons. The lowest BCUT2D eigenvalue weighted by molar-refractivity contribution is -0.321. The molecule has 2 heterocycles. The molecule has 6 rings (SSSR count). The highest BCUT2D eigenvalue weighted by molar-refractivity contribution is 7.22. The molecule has 2 amide bonds. The van der Waals surface area contributed by atoms with Crippen LogP contribution in [0.2, 0.25) is 0 Å². The monoisotopic (exact) mass is 727 g/mol. The summed E-state index contributed by atoms with van der Waals surface area (Å²) in [6.07, 6.45) is 0. The third-order valence-corrected chi connectivity index (χ3v) is 9.63. The number of hydrogen-bond acceptors (Lipinski definition) is 8. The van der Waals surface area contributed by atoms with Crippen LogP contribution in [0.5, 0.6) is 0 Å². The molecule has 0 atom stereocenters. The van der Waals surface area contributed by atoms with Crippen molar-refractivity contribution in [2.24, 2.45) is 0 Å². The Kier molecular flexibility index (Phi) is 11.3. The average molecular weight is 728 g/mol. The van der Waals surface area contributed by atoms with Crippen LogP contribution in [0, 0.1) is 11.6 Å². The predicted molar refractivity (Wildman–Crippen MR) is 195 cm³/mol. The number of hydrogen-bond donors (Lipinski definition) is 1. The Morgan fingerprint density at radius 2 is 1.48 bits per heavy atom. The molecule has 4 aromatic carbocycles. The molecule has 0 saturated heterocycles. The van der Waals surface area contributed by atoms with Gasteiger partial charge in [0.15, 0.2) is 6.73 Å². The van der Waals surface area contributed by atoms with Crippen molar-refractivity contribution in [2.75, 3.05) is 33.3 Å². The molecule has 0 fully saturated rings. The van der Waals surface area contributed by atoms with Crippen LogP contribution in [0.4, 0.5) is 19.3 Å². The quantitative estimate of drug-likeness (QED) is 0.0796. The first-order valence-electron chi connectivity index (χ1n) is 16.1. The van der Waals surface area contributed by atoms with Gasteiger partial charge in [0.25, 0.3) is 5.56 Å². The molecule has 0 bridgehead atoms. The fraction of sp³-hybridized carbons (Fsp3) is 0.184. The number of carbonyl (C=O) groups excluding carboxylic acids is 1. The summed E-state index contributed by atoms with van der Waals surface area (Å²) >= 11 is 1.18. The molecule has 0 aliphatic heterocycles. The van der Waals surface area contributed by atoms with Crippen LogP contribution in [0.3, 0.4) is 0 Å². The summed E-state index contributed by atoms with van der Waals surface area (Å²) < 4.78 is 32.5. The standard InChI is InChI=1S/C38H35F2N5O6S/c1-42(21-25-11-6-4-7-12-25)22-30-33-35(46)45(28-13-8-5-9-14-28)38(48)43(23-29-31(39)15-10-16-32(29)40)36(33)52-34(30)26-17-19-27(20-18-26)41-37(47)44(49-2)24-51-50-3/h4-20H,21-24H2,1-3H3,(H,41,47). The van der Waals surface area contributed by atoms with E-state index in [0.29, 0.717) is 40.5 Å². The first-order chi connectivity index (χ1) is 25.2. The maximum Gasteiger partial charge on any atom is 0.348 e. The van der Waals surface area contributed by atoms with Gasteiger partial charge >= 0.3 is 11.7 Å². The Morgan fingerprint density at radius 3 is 2.12 bits per heavy atom. The zero-order valence-corrected chi connectivity index (χ0v) is 29.4. The number of fused-ring (bicyclic) bond motifs is 1. The minimum atomic E-state index is -0.810. The highest BCUT2D eigenvalue weighted by atomic mass is 32.1. The topological polar surface area (TPSA) is 107 Å². The fourth-order valence-electron chi connectivity index (χ4n) is 5.84. The summed E-state index contributed by atoms with van der Waals surface area (Å²) in [6.45, 7) is 0.116. The van der Waals surface area contributed by atoms with Crippen LogP contribution >= 0.6 is 11.3 Å². The number of hydroxylamine groups is 2. The molecule has 2 aromatic heterocycles. The second kappa shape index (κ2) is 16.2. The number of anilines is 1. The highest BCUT2D eigenvalue weighted by Crippen LogP contribution is 2.39. The summed E-state index contributed by atoms with van der Waals surface area (Å²) in [5.74, 6) is -1.62. The van der Waals surface area contributed by atoms with E-state index in [-0.39, 0.29) is 22.5 Å². The van der Waals surface area contributed by atoms with Gasteiger partial charge in [-0.25, -0.2) is 32.7 Å². The van der Waals surface area contributed by atoms with Gasteiger partial charge in [-0.2, -0.15) is 5.06 Å². The summed E-state index contributed by atoms with van der Waals surface area (Å²) in [6, 6.07) is 28.1.